The molecule has 8 heteroatoms. The van der Waals surface area contributed by atoms with Crippen LogP contribution in [-0.4, -0.2) is 70.0 Å². The molecule has 3 aliphatic rings. The Morgan fingerprint density at radius 1 is 1.12 bits per heavy atom. The molecule has 2 atom stereocenters. The van der Waals surface area contributed by atoms with Crippen LogP contribution in [0.1, 0.15) is 12.8 Å². The van der Waals surface area contributed by atoms with Gasteiger partial charge in [-0.1, -0.05) is 0 Å². The summed E-state index contributed by atoms with van der Waals surface area (Å²) in [5, 5.41) is 0. The summed E-state index contributed by atoms with van der Waals surface area (Å²) in [4.78, 5) is 14.7. The minimum atomic E-state index is -3.64. The number of ether oxygens (including phenoxy) is 2. The van der Waals surface area contributed by atoms with Gasteiger partial charge in [-0.15, -0.1) is 0 Å². The highest BCUT2D eigenvalue weighted by Gasteiger charge is 2.43. The molecule has 0 radical (unpaired) electrons. The van der Waals surface area contributed by atoms with E-state index in [2.05, 4.69) is 0 Å². The summed E-state index contributed by atoms with van der Waals surface area (Å²) in [7, 11) is -0.500. The van der Waals surface area contributed by atoms with Gasteiger partial charge in [0, 0.05) is 32.8 Å². The highest BCUT2D eigenvalue weighted by atomic mass is 32.2. The number of hydrogen-bond acceptors (Lipinski definition) is 5. The summed E-state index contributed by atoms with van der Waals surface area (Å²) in [5.74, 6) is 0.375. The number of carbonyl (C=O) groups is 1. The molecule has 1 aromatic carbocycles. The van der Waals surface area contributed by atoms with E-state index in [-0.39, 0.29) is 29.3 Å². The normalized spacial score (nSPS) is 24.4. The van der Waals surface area contributed by atoms with E-state index >= 15 is 0 Å². The highest BCUT2D eigenvalue weighted by Crippen LogP contribution is 2.32. The molecule has 3 saturated heterocycles. The van der Waals surface area contributed by atoms with Gasteiger partial charge in [-0.3, -0.25) is 4.79 Å². The van der Waals surface area contributed by atoms with Crippen LogP contribution < -0.4 is 4.74 Å². The summed E-state index contributed by atoms with van der Waals surface area (Å²) in [5.41, 5.74) is 0. The van der Waals surface area contributed by atoms with Gasteiger partial charge < -0.3 is 14.4 Å². The molecule has 0 N–H and O–H groups in total. The van der Waals surface area contributed by atoms with Crippen molar-refractivity contribution in [1.29, 1.82) is 0 Å². The van der Waals surface area contributed by atoms with Crippen LogP contribution in [0.4, 0.5) is 0 Å². The van der Waals surface area contributed by atoms with Crippen molar-refractivity contribution in [1.82, 2.24) is 9.21 Å². The average molecular weight is 368 g/mol. The Hall–Kier alpha value is -1.64. The summed E-state index contributed by atoms with van der Waals surface area (Å²) in [6.45, 7) is 1.54. The molecule has 0 aliphatic carbocycles. The summed E-state index contributed by atoms with van der Waals surface area (Å²) < 4.78 is 37.7. The third-order valence-electron chi connectivity index (χ3n) is 4.99. The van der Waals surface area contributed by atoms with Crippen molar-refractivity contribution in [3.8, 4) is 5.75 Å². The van der Waals surface area contributed by atoms with Crippen molar-refractivity contribution in [2.45, 2.75) is 23.8 Å². The second-order valence-corrected chi connectivity index (χ2v) is 8.39. The van der Waals surface area contributed by atoms with Gasteiger partial charge in [-0.2, -0.15) is 4.31 Å². The lowest BCUT2D eigenvalue weighted by Gasteiger charge is -2.35. The monoisotopic (exact) mass is 368 g/mol. The molecule has 2 unspecified atom stereocenters. The second-order valence-electron chi connectivity index (χ2n) is 6.45. The fraction of sp³-hybridized carbons (Fsp3) is 0.588. The summed E-state index contributed by atoms with van der Waals surface area (Å²) in [6.07, 6.45) is 1.57. The zero-order chi connectivity index (χ0) is 18.0. The van der Waals surface area contributed by atoms with Crippen LogP contribution in [0.15, 0.2) is 29.2 Å². The number of benzene rings is 1. The molecule has 0 saturated carbocycles. The topological polar surface area (TPSA) is 76.2 Å². The van der Waals surface area contributed by atoms with E-state index in [9.17, 15) is 13.2 Å². The van der Waals surface area contributed by atoms with Gasteiger partial charge in [-0.05, 0) is 37.1 Å². The standard InChI is InChI=1S/C17H24N2O5S/c1-23-10-9-19-14-4-3-13(17(19)20)11-18(12-14)25(21,22)16-7-5-15(24-2)6-8-16/h5-8,13-14H,3-4,9-12H2,1-2H3. The Bertz CT molecular complexity index is 719. The first-order valence-electron chi connectivity index (χ1n) is 8.41. The van der Waals surface area contributed by atoms with Crippen LogP contribution in [0.25, 0.3) is 0 Å². The van der Waals surface area contributed by atoms with E-state index in [0.717, 1.165) is 12.8 Å². The van der Waals surface area contributed by atoms with Crippen LogP contribution in [0.5, 0.6) is 5.75 Å². The number of methoxy groups -OCH3 is 2. The second kappa shape index (κ2) is 7.31. The zero-order valence-corrected chi connectivity index (χ0v) is 15.4. The fourth-order valence-corrected chi connectivity index (χ4v) is 5.10. The number of rotatable bonds is 6. The average Bonchev–Trinajstić information content (AvgIpc) is 2.92. The van der Waals surface area contributed by atoms with Crippen molar-refractivity contribution in [2.75, 3.05) is 40.5 Å². The predicted molar refractivity (Wildman–Crippen MR) is 91.9 cm³/mol. The molecular weight excluding hydrogens is 344 g/mol. The summed E-state index contributed by atoms with van der Waals surface area (Å²) in [6, 6.07) is 6.27. The van der Waals surface area contributed by atoms with E-state index < -0.39 is 10.0 Å². The largest absolute Gasteiger partial charge is 0.497 e. The van der Waals surface area contributed by atoms with Gasteiger partial charge in [0.2, 0.25) is 15.9 Å². The van der Waals surface area contributed by atoms with Crippen molar-refractivity contribution in [3.63, 3.8) is 0 Å². The number of piperidine rings is 1. The van der Waals surface area contributed by atoms with Crippen molar-refractivity contribution >= 4 is 15.9 Å². The van der Waals surface area contributed by atoms with Gasteiger partial charge in [0.15, 0.2) is 0 Å². The van der Waals surface area contributed by atoms with Crippen molar-refractivity contribution in [2.24, 2.45) is 5.92 Å². The lowest BCUT2D eigenvalue weighted by Crippen LogP contribution is -2.49. The quantitative estimate of drug-likeness (QED) is 0.747. The summed E-state index contributed by atoms with van der Waals surface area (Å²) >= 11 is 0. The SMILES string of the molecule is COCCN1C(=O)C2CCC1CN(S(=O)(=O)c1ccc(OC)cc1)C2. The first-order chi connectivity index (χ1) is 12.0. The van der Waals surface area contributed by atoms with Crippen molar-refractivity contribution < 1.29 is 22.7 Å². The third-order valence-corrected chi connectivity index (χ3v) is 6.84. The smallest absolute Gasteiger partial charge is 0.243 e. The van der Waals surface area contributed by atoms with E-state index in [1.165, 1.54) is 11.4 Å². The molecule has 7 nitrogen and oxygen atoms in total. The van der Waals surface area contributed by atoms with Crippen molar-refractivity contribution in [3.05, 3.63) is 24.3 Å². The van der Waals surface area contributed by atoms with Gasteiger partial charge in [0.1, 0.15) is 5.75 Å². The van der Waals surface area contributed by atoms with Crippen LogP contribution in [-0.2, 0) is 19.6 Å². The zero-order valence-electron chi connectivity index (χ0n) is 14.6. The molecule has 0 spiro atoms. The number of amides is 1. The number of nitrogens with zero attached hydrogens (tertiary/aromatic N) is 2. The van der Waals surface area contributed by atoms with Crippen LogP contribution >= 0.6 is 0 Å². The molecule has 4 rings (SSSR count). The maximum absolute atomic E-state index is 13.0. The maximum atomic E-state index is 13.0. The molecule has 2 bridgehead atoms. The Morgan fingerprint density at radius 2 is 1.84 bits per heavy atom. The van der Waals surface area contributed by atoms with E-state index in [4.69, 9.17) is 9.47 Å². The maximum Gasteiger partial charge on any atom is 0.243 e. The Kier molecular flexibility index (Phi) is 5.31. The molecule has 3 fully saturated rings. The van der Waals surface area contributed by atoms with E-state index in [1.807, 2.05) is 0 Å². The van der Waals surface area contributed by atoms with E-state index in [1.54, 1.807) is 36.3 Å². The Morgan fingerprint density at radius 3 is 2.48 bits per heavy atom. The predicted octanol–water partition coefficient (Wildman–Crippen LogP) is 0.953. The minimum absolute atomic E-state index is 0.0423. The van der Waals surface area contributed by atoms with Crippen LogP contribution in [0.2, 0.25) is 0 Å². The molecule has 1 aromatic rings. The molecule has 3 heterocycles. The van der Waals surface area contributed by atoms with Gasteiger partial charge >= 0.3 is 0 Å². The van der Waals surface area contributed by atoms with Gasteiger partial charge in [-0.25, -0.2) is 8.42 Å². The molecule has 0 aromatic heterocycles. The fourth-order valence-electron chi connectivity index (χ4n) is 3.58. The third kappa shape index (κ3) is 3.51. The number of fused-ring (bicyclic) bond motifs is 4. The molecule has 1 amide bonds. The number of hydrogen-bond donors (Lipinski definition) is 0. The Balaban J connectivity index is 1.84. The van der Waals surface area contributed by atoms with Crippen LogP contribution in [0.3, 0.4) is 0 Å². The first kappa shape index (κ1) is 18.2. The molecule has 3 aliphatic heterocycles. The number of carbonyl (C=O) groups excluding carboxylic acids is 1. The Labute approximate surface area is 148 Å². The molecule has 138 valence electrons. The molecular formula is C17H24N2O5S. The molecule has 25 heavy (non-hydrogen) atoms. The number of sulfonamides is 1. The van der Waals surface area contributed by atoms with Gasteiger partial charge in [0.25, 0.3) is 0 Å². The van der Waals surface area contributed by atoms with Gasteiger partial charge in [0.05, 0.1) is 24.5 Å². The first-order valence-corrected chi connectivity index (χ1v) is 9.85. The minimum Gasteiger partial charge on any atom is -0.497 e. The lowest BCUT2D eigenvalue weighted by molar-refractivity contribution is -0.140. The van der Waals surface area contributed by atoms with E-state index in [0.29, 0.717) is 25.4 Å². The van der Waals surface area contributed by atoms with Crippen LogP contribution in [0, 0.1) is 5.92 Å². The lowest BCUT2D eigenvalue weighted by atomic mass is 9.94. The highest BCUT2D eigenvalue weighted by molar-refractivity contribution is 7.89.